The summed E-state index contributed by atoms with van der Waals surface area (Å²) in [5, 5.41) is 10.5. The molecule has 100 valence electrons. The Morgan fingerprint density at radius 1 is 1.50 bits per heavy atom. The zero-order valence-electron chi connectivity index (χ0n) is 11.0. The van der Waals surface area contributed by atoms with Crippen molar-refractivity contribution in [3.05, 3.63) is 10.6 Å². The summed E-state index contributed by atoms with van der Waals surface area (Å²) < 4.78 is 5.73. The van der Waals surface area contributed by atoms with Gasteiger partial charge in [-0.15, -0.1) is 0 Å². The van der Waals surface area contributed by atoms with Gasteiger partial charge in [-0.2, -0.15) is 0 Å². The smallest absolute Gasteiger partial charge is 0.186 e. The van der Waals surface area contributed by atoms with Gasteiger partial charge in [0.25, 0.3) is 0 Å². The summed E-state index contributed by atoms with van der Waals surface area (Å²) >= 11 is 1.64. The number of aliphatic hydroxyl groups excluding tert-OH is 1. The van der Waals surface area contributed by atoms with Gasteiger partial charge >= 0.3 is 0 Å². The number of aromatic nitrogens is 1. The topological polar surface area (TPSA) is 45.6 Å². The molecule has 5 heteroatoms. The molecule has 1 N–H and O–H groups in total. The Morgan fingerprint density at radius 3 is 2.89 bits per heavy atom. The van der Waals surface area contributed by atoms with E-state index in [1.54, 1.807) is 11.3 Å². The number of anilines is 1. The summed E-state index contributed by atoms with van der Waals surface area (Å²) in [6.45, 7) is 6.86. The first kappa shape index (κ1) is 12.4. The van der Waals surface area contributed by atoms with Gasteiger partial charge in [-0.05, 0) is 26.7 Å². The minimum atomic E-state index is -0.108. The molecule has 0 spiro atoms. The third-order valence-corrected chi connectivity index (χ3v) is 4.64. The number of thiazole rings is 1. The number of hydrogen-bond donors (Lipinski definition) is 1. The lowest BCUT2D eigenvalue weighted by Crippen LogP contribution is -2.48. The lowest BCUT2D eigenvalue weighted by molar-refractivity contribution is -0.0277. The Morgan fingerprint density at radius 2 is 2.28 bits per heavy atom. The average Bonchev–Trinajstić information content (AvgIpc) is 3.07. The largest absolute Gasteiger partial charge is 0.391 e. The van der Waals surface area contributed by atoms with Gasteiger partial charge in [0, 0.05) is 19.0 Å². The fourth-order valence-electron chi connectivity index (χ4n) is 2.45. The molecule has 1 aliphatic heterocycles. The molecule has 1 aromatic heterocycles. The number of morpholine rings is 1. The van der Waals surface area contributed by atoms with E-state index < -0.39 is 0 Å². The van der Waals surface area contributed by atoms with Gasteiger partial charge in [0.1, 0.15) is 0 Å². The molecule has 0 bridgehead atoms. The van der Waals surface area contributed by atoms with Crippen LogP contribution in [-0.2, 0) is 11.3 Å². The number of aliphatic hydroxyl groups is 1. The summed E-state index contributed by atoms with van der Waals surface area (Å²) in [7, 11) is 0. The second-order valence-corrected chi connectivity index (χ2v) is 6.83. The maximum Gasteiger partial charge on any atom is 0.186 e. The molecule has 18 heavy (non-hydrogen) atoms. The zero-order chi connectivity index (χ0) is 12.8. The molecule has 2 heterocycles. The van der Waals surface area contributed by atoms with Crippen molar-refractivity contribution < 1.29 is 9.84 Å². The van der Waals surface area contributed by atoms with Crippen LogP contribution in [0.25, 0.3) is 0 Å². The SMILES string of the molecule is CC1(C)CN(c2nc(C3CC3)c(CO)s2)CCO1. The van der Waals surface area contributed by atoms with E-state index in [-0.39, 0.29) is 12.2 Å². The standard InChI is InChI=1S/C13H20N2O2S/c1-13(2)8-15(5-6-17-13)12-14-11(9-3-4-9)10(7-16)18-12/h9,16H,3-8H2,1-2H3. The molecule has 1 aromatic rings. The monoisotopic (exact) mass is 268 g/mol. The van der Waals surface area contributed by atoms with Crippen molar-refractivity contribution in [1.29, 1.82) is 0 Å². The molecule has 4 nitrogen and oxygen atoms in total. The van der Waals surface area contributed by atoms with Gasteiger partial charge in [-0.1, -0.05) is 11.3 Å². The Hall–Kier alpha value is -0.650. The molecule has 0 atom stereocenters. The van der Waals surface area contributed by atoms with Crippen LogP contribution in [0, 0.1) is 0 Å². The van der Waals surface area contributed by atoms with E-state index in [2.05, 4.69) is 18.7 Å². The predicted octanol–water partition coefficient (Wildman–Crippen LogP) is 2.13. The summed E-state index contributed by atoms with van der Waals surface area (Å²) in [6, 6.07) is 0. The number of nitrogens with zero attached hydrogens (tertiary/aromatic N) is 2. The quantitative estimate of drug-likeness (QED) is 0.912. The molecule has 0 unspecified atom stereocenters. The Labute approximate surface area is 112 Å². The molecular formula is C13H20N2O2S. The fourth-order valence-corrected chi connectivity index (χ4v) is 3.49. The first-order valence-corrected chi connectivity index (χ1v) is 7.40. The molecule has 2 aliphatic rings. The van der Waals surface area contributed by atoms with Crippen LogP contribution in [0.4, 0.5) is 5.13 Å². The Kier molecular flexibility index (Phi) is 3.08. The second kappa shape index (κ2) is 4.47. The molecule has 0 aromatic carbocycles. The molecule has 1 saturated heterocycles. The first-order chi connectivity index (χ1) is 8.59. The van der Waals surface area contributed by atoms with E-state index in [1.165, 1.54) is 12.8 Å². The fraction of sp³-hybridized carbons (Fsp3) is 0.769. The average molecular weight is 268 g/mol. The predicted molar refractivity (Wildman–Crippen MR) is 72.3 cm³/mol. The van der Waals surface area contributed by atoms with Crippen LogP contribution in [0.3, 0.4) is 0 Å². The van der Waals surface area contributed by atoms with Crippen molar-refractivity contribution in [1.82, 2.24) is 4.98 Å². The van der Waals surface area contributed by atoms with Crippen LogP contribution >= 0.6 is 11.3 Å². The van der Waals surface area contributed by atoms with Gasteiger partial charge in [0.2, 0.25) is 0 Å². The normalized spacial score (nSPS) is 23.4. The lowest BCUT2D eigenvalue weighted by Gasteiger charge is -2.38. The van der Waals surface area contributed by atoms with E-state index in [4.69, 9.17) is 9.72 Å². The van der Waals surface area contributed by atoms with Crippen LogP contribution in [0.2, 0.25) is 0 Å². The van der Waals surface area contributed by atoms with Gasteiger partial charge in [0.15, 0.2) is 5.13 Å². The molecule has 1 aliphatic carbocycles. The van der Waals surface area contributed by atoms with E-state index in [0.717, 1.165) is 35.4 Å². The Balaban J connectivity index is 1.83. The zero-order valence-corrected chi connectivity index (χ0v) is 11.8. The number of ether oxygens (including phenoxy) is 1. The molecule has 1 saturated carbocycles. The van der Waals surface area contributed by atoms with E-state index in [9.17, 15) is 5.11 Å². The van der Waals surface area contributed by atoms with Crippen LogP contribution in [0.5, 0.6) is 0 Å². The number of rotatable bonds is 3. The van der Waals surface area contributed by atoms with Crippen molar-refractivity contribution in [3.8, 4) is 0 Å². The van der Waals surface area contributed by atoms with Gasteiger partial charge in [-0.3, -0.25) is 0 Å². The molecule has 0 radical (unpaired) electrons. The van der Waals surface area contributed by atoms with Gasteiger partial charge in [0.05, 0.1) is 29.4 Å². The molecule has 3 rings (SSSR count). The van der Waals surface area contributed by atoms with Crippen molar-refractivity contribution in [2.75, 3.05) is 24.6 Å². The van der Waals surface area contributed by atoms with E-state index in [0.29, 0.717) is 5.92 Å². The van der Waals surface area contributed by atoms with Crippen molar-refractivity contribution in [2.24, 2.45) is 0 Å². The lowest BCUT2D eigenvalue weighted by atomic mass is 10.1. The van der Waals surface area contributed by atoms with Gasteiger partial charge in [-0.25, -0.2) is 4.98 Å². The van der Waals surface area contributed by atoms with Crippen LogP contribution in [0.1, 0.15) is 43.2 Å². The minimum absolute atomic E-state index is 0.108. The van der Waals surface area contributed by atoms with Gasteiger partial charge < -0.3 is 14.7 Å². The highest BCUT2D eigenvalue weighted by molar-refractivity contribution is 7.15. The summed E-state index contributed by atoms with van der Waals surface area (Å²) in [6.07, 6.45) is 2.45. The summed E-state index contributed by atoms with van der Waals surface area (Å²) in [5.41, 5.74) is 1.03. The number of hydrogen-bond acceptors (Lipinski definition) is 5. The van der Waals surface area contributed by atoms with Crippen molar-refractivity contribution in [3.63, 3.8) is 0 Å². The first-order valence-electron chi connectivity index (χ1n) is 6.58. The van der Waals surface area contributed by atoms with Crippen molar-refractivity contribution >= 4 is 16.5 Å². The summed E-state index contributed by atoms with van der Waals surface area (Å²) in [4.78, 5) is 8.10. The molecule has 2 fully saturated rings. The maximum absolute atomic E-state index is 9.44. The third-order valence-electron chi connectivity index (χ3n) is 3.52. The highest BCUT2D eigenvalue weighted by Gasteiger charge is 2.33. The summed E-state index contributed by atoms with van der Waals surface area (Å²) in [5.74, 6) is 0.603. The van der Waals surface area contributed by atoms with Crippen LogP contribution < -0.4 is 4.90 Å². The highest BCUT2D eigenvalue weighted by atomic mass is 32.1. The second-order valence-electron chi connectivity index (χ2n) is 5.77. The van der Waals surface area contributed by atoms with Crippen LogP contribution in [-0.4, -0.2) is 35.4 Å². The minimum Gasteiger partial charge on any atom is -0.391 e. The Bertz CT molecular complexity index is 440. The molecular weight excluding hydrogens is 248 g/mol. The van der Waals surface area contributed by atoms with E-state index in [1.807, 2.05) is 0 Å². The third kappa shape index (κ3) is 2.39. The molecule has 0 amide bonds. The van der Waals surface area contributed by atoms with Crippen LogP contribution in [0.15, 0.2) is 0 Å². The highest BCUT2D eigenvalue weighted by Crippen LogP contribution is 2.44. The van der Waals surface area contributed by atoms with E-state index >= 15 is 0 Å². The van der Waals surface area contributed by atoms with Crippen molar-refractivity contribution in [2.45, 2.75) is 44.8 Å². The maximum atomic E-state index is 9.44.